The highest BCUT2D eigenvalue weighted by molar-refractivity contribution is 7.07. The number of carbonyl (C=O) groups is 1. The highest BCUT2D eigenvalue weighted by atomic mass is 32.1. The fourth-order valence-corrected chi connectivity index (χ4v) is 5.85. The van der Waals surface area contributed by atoms with Crippen LogP contribution in [0.15, 0.2) is 93.9 Å². The monoisotopic (exact) mass is 593 g/mol. The van der Waals surface area contributed by atoms with Gasteiger partial charge in [0.25, 0.3) is 5.56 Å². The number of thiazole rings is 1. The van der Waals surface area contributed by atoms with Crippen molar-refractivity contribution >= 4 is 23.4 Å². The Hall–Kier alpha value is -4.94. The first-order valence-electron chi connectivity index (χ1n) is 14.0. The van der Waals surface area contributed by atoms with Gasteiger partial charge in [0.05, 0.1) is 40.1 Å². The van der Waals surface area contributed by atoms with Crippen LogP contribution in [0.4, 0.5) is 0 Å². The van der Waals surface area contributed by atoms with Gasteiger partial charge in [-0.25, -0.2) is 9.79 Å². The van der Waals surface area contributed by atoms with E-state index in [2.05, 4.69) is 11.1 Å². The van der Waals surface area contributed by atoms with Gasteiger partial charge in [-0.15, -0.1) is 0 Å². The topological polar surface area (TPSA) is 103 Å². The van der Waals surface area contributed by atoms with Crippen LogP contribution in [0, 0.1) is 11.3 Å². The Kier molecular flexibility index (Phi) is 8.88. The summed E-state index contributed by atoms with van der Waals surface area (Å²) in [6, 6.07) is 23.5. The van der Waals surface area contributed by atoms with Crippen LogP contribution >= 0.6 is 11.3 Å². The second-order valence-corrected chi connectivity index (χ2v) is 11.2. The Bertz CT molecular complexity index is 1900. The van der Waals surface area contributed by atoms with Crippen LogP contribution in [0.3, 0.4) is 0 Å². The maximum absolute atomic E-state index is 14.0. The number of hydrogen-bond acceptors (Lipinski definition) is 8. The van der Waals surface area contributed by atoms with Crippen molar-refractivity contribution in [3.63, 3.8) is 0 Å². The number of para-hydroxylation sites is 1. The number of benzene rings is 3. The maximum Gasteiger partial charge on any atom is 0.338 e. The van der Waals surface area contributed by atoms with Crippen LogP contribution in [0.2, 0.25) is 0 Å². The van der Waals surface area contributed by atoms with Crippen LogP contribution in [0.5, 0.6) is 11.5 Å². The third-order valence-electron chi connectivity index (χ3n) is 6.76. The van der Waals surface area contributed by atoms with Gasteiger partial charge in [-0.05, 0) is 75.2 Å². The zero-order valence-electron chi connectivity index (χ0n) is 24.4. The normalized spacial score (nSPS) is 14.6. The van der Waals surface area contributed by atoms with E-state index in [1.807, 2.05) is 80.6 Å². The predicted octanol–water partition coefficient (Wildman–Crippen LogP) is 5.04. The average molecular weight is 594 g/mol. The summed E-state index contributed by atoms with van der Waals surface area (Å²) >= 11 is 1.27. The number of allylic oxidation sites excluding steroid dienone is 1. The Balaban J connectivity index is 1.50. The van der Waals surface area contributed by atoms with Crippen LogP contribution < -0.4 is 24.4 Å². The number of rotatable bonds is 9. The van der Waals surface area contributed by atoms with Crippen molar-refractivity contribution in [1.82, 2.24) is 4.57 Å². The standard InChI is InChI=1S/C34H31N3O5S/c1-5-40-33(39)30-22(4)36-34-37(31(30)27-8-6-7-9-28(27)42-21(2)3)32(38)29(43-34)18-23-14-16-26(17-15-23)41-20-25-12-10-24(19-35)11-13-25/h6-18,21,31H,5,20H2,1-4H3/b29-18-/t31-/m0/s1. The molecule has 0 aliphatic carbocycles. The van der Waals surface area contributed by atoms with Crippen LogP contribution in [-0.4, -0.2) is 23.2 Å². The molecule has 1 aliphatic rings. The minimum Gasteiger partial charge on any atom is -0.491 e. The molecule has 0 radical (unpaired) electrons. The van der Waals surface area contributed by atoms with Gasteiger partial charge < -0.3 is 14.2 Å². The molecular weight excluding hydrogens is 562 g/mol. The zero-order valence-corrected chi connectivity index (χ0v) is 25.2. The van der Waals surface area contributed by atoms with Crippen molar-refractivity contribution in [1.29, 1.82) is 5.26 Å². The number of aromatic nitrogens is 1. The minimum absolute atomic E-state index is 0.107. The van der Waals surface area contributed by atoms with Gasteiger partial charge in [-0.1, -0.05) is 53.8 Å². The molecule has 4 aromatic rings. The highest BCUT2D eigenvalue weighted by Crippen LogP contribution is 2.36. The molecule has 9 heteroatoms. The number of nitriles is 1. The first-order chi connectivity index (χ1) is 20.8. The molecule has 218 valence electrons. The molecule has 0 amide bonds. The molecule has 0 unspecified atom stereocenters. The molecular formula is C34H31N3O5S. The van der Waals surface area contributed by atoms with E-state index in [0.29, 0.717) is 49.8 Å². The van der Waals surface area contributed by atoms with Crippen molar-refractivity contribution in [3.8, 4) is 17.6 Å². The summed E-state index contributed by atoms with van der Waals surface area (Å²) in [5.74, 6) is 0.753. The lowest BCUT2D eigenvalue weighted by Crippen LogP contribution is -2.40. The molecule has 5 rings (SSSR count). The molecule has 0 bridgehead atoms. The van der Waals surface area contributed by atoms with E-state index in [9.17, 15) is 9.59 Å². The summed E-state index contributed by atoms with van der Waals surface area (Å²) in [5.41, 5.74) is 3.61. The van der Waals surface area contributed by atoms with E-state index < -0.39 is 12.0 Å². The smallest absolute Gasteiger partial charge is 0.338 e. The second-order valence-electron chi connectivity index (χ2n) is 10.2. The lowest BCUT2D eigenvalue weighted by Gasteiger charge is -2.26. The van der Waals surface area contributed by atoms with Gasteiger partial charge in [-0.2, -0.15) is 5.26 Å². The van der Waals surface area contributed by atoms with Gasteiger partial charge in [0.1, 0.15) is 24.1 Å². The molecule has 8 nitrogen and oxygen atoms in total. The first-order valence-corrected chi connectivity index (χ1v) is 14.8. The summed E-state index contributed by atoms with van der Waals surface area (Å²) in [7, 11) is 0. The van der Waals surface area contributed by atoms with E-state index >= 15 is 0 Å². The number of esters is 1. The summed E-state index contributed by atoms with van der Waals surface area (Å²) in [6.45, 7) is 7.94. The van der Waals surface area contributed by atoms with Crippen molar-refractivity contribution in [2.45, 2.75) is 46.4 Å². The molecule has 1 atom stereocenters. The van der Waals surface area contributed by atoms with Crippen molar-refractivity contribution < 1.29 is 19.0 Å². The molecule has 43 heavy (non-hydrogen) atoms. The second kappa shape index (κ2) is 12.9. The Morgan fingerprint density at radius 2 is 1.81 bits per heavy atom. The van der Waals surface area contributed by atoms with Crippen LogP contribution in [0.25, 0.3) is 6.08 Å². The predicted molar refractivity (Wildman–Crippen MR) is 165 cm³/mol. The fraction of sp³-hybridized carbons (Fsp3) is 0.235. The summed E-state index contributed by atoms with van der Waals surface area (Å²) < 4.78 is 19.4. The van der Waals surface area contributed by atoms with E-state index in [1.54, 1.807) is 30.5 Å². The SMILES string of the molecule is CCOC(=O)C1=C(C)N=c2s/c(=C\c3ccc(OCc4ccc(C#N)cc4)cc3)c(=O)n2[C@H]1c1ccccc1OC(C)C. The Morgan fingerprint density at radius 3 is 2.49 bits per heavy atom. The highest BCUT2D eigenvalue weighted by Gasteiger charge is 2.35. The van der Waals surface area contributed by atoms with Gasteiger partial charge in [0.2, 0.25) is 0 Å². The molecule has 0 saturated carbocycles. The lowest BCUT2D eigenvalue weighted by molar-refractivity contribution is -0.139. The molecule has 1 aliphatic heterocycles. The number of carbonyl (C=O) groups excluding carboxylic acids is 1. The van der Waals surface area contributed by atoms with Gasteiger partial charge in [0, 0.05) is 5.56 Å². The molecule has 2 heterocycles. The molecule has 0 saturated heterocycles. The maximum atomic E-state index is 14.0. The van der Waals surface area contributed by atoms with Crippen molar-refractivity contribution in [2.75, 3.05) is 6.61 Å². The van der Waals surface area contributed by atoms with Gasteiger partial charge in [0.15, 0.2) is 4.80 Å². The number of hydrogen-bond donors (Lipinski definition) is 0. The van der Waals surface area contributed by atoms with Crippen molar-refractivity contribution in [3.05, 3.63) is 126 Å². The minimum atomic E-state index is -0.759. The van der Waals surface area contributed by atoms with Gasteiger partial charge >= 0.3 is 5.97 Å². The van der Waals surface area contributed by atoms with E-state index in [4.69, 9.17) is 19.5 Å². The molecule has 0 spiro atoms. The number of ether oxygens (including phenoxy) is 3. The summed E-state index contributed by atoms with van der Waals surface area (Å²) in [5, 5.41) is 8.97. The number of nitrogens with zero attached hydrogens (tertiary/aromatic N) is 3. The molecule has 3 aromatic carbocycles. The summed E-state index contributed by atoms with van der Waals surface area (Å²) in [6.07, 6.45) is 1.70. The third kappa shape index (κ3) is 6.45. The Morgan fingerprint density at radius 1 is 1.09 bits per heavy atom. The molecule has 1 aromatic heterocycles. The van der Waals surface area contributed by atoms with Gasteiger partial charge in [-0.3, -0.25) is 9.36 Å². The van der Waals surface area contributed by atoms with E-state index in [1.165, 1.54) is 11.3 Å². The fourth-order valence-electron chi connectivity index (χ4n) is 4.81. The van der Waals surface area contributed by atoms with E-state index in [0.717, 1.165) is 11.1 Å². The molecule has 0 N–H and O–H groups in total. The zero-order chi connectivity index (χ0) is 30.5. The largest absolute Gasteiger partial charge is 0.491 e. The quantitative estimate of drug-likeness (QED) is 0.252. The first kappa shape index (κ1) is 29.5. The Labute approximate surface area is 253 Å². The average Bonchev–Trinajstić information content (AvgIpc) is 3.30. The van der Waals surface area contributed by atoms with Crippen molar-refractivity contribution in [2.24, 2.45) is 4.99 Å². The van der Waals surface area contributed by atoms with Crippen LogP contribution in [-0.2, 0) is 16.1 Å². The number of fused-ring (bicyclic) bond motifs is 1. The third-order valence-corrected chi connectivity index (χ3v) is 7.74. The summed E-state index contributed by atoms with van der Waals surface area (Å²) in [4.78, 5) is 32.3. The lowest BCUT2D eigenvalue weighted by atomic mass is 9.95. The van der Waals surface area contributed by atoms with Crippen LogP contribution in [0.1, 0.15) is 56.0 Å². The van der Waals surface area contributed by atoms with E-state index in [-0.39, 0.29) is 18.3 Å². The molecule has 0 fully saturated rings.